The predicted octanol–water partition coefficient (Wildman–Crippen LogP) is 17.6. The van der Waals surface area contributed by atoms with Crippen LogP contribution in [0.1, 0.15) is 27.8 Å². The molecule has 70 heavy (non-hydrogen) atoms. The fourth-order valence-corrected chi connectivity index (χ4v) is 10.3. The van der Waals surface area contributed by atoms with E-state index in [1.165, 1.54) is 18.2 Å². The fourth-order valence-electron chi connectivity index (χ4n) is 10.3. The van der Waals surface area contributed by atoms with Gasteiger partial charge in [0.05, 0.1) is 39.0 Å². The van der Waals surface area contributed by atoms with E-state index < -0.39 is 11.6 Å². The Bertz CT molecular complexity index is 3630. The number of fused-ring (bicyclic) bond motifs is 6. The second-order valence-electron chi connectivity index (χ2n) is 18.7. The summed E-state index contributed by atoms with van der Waals surface area (Å²) in [6, 6.07) is 69.9. The number of nitrogens with zero attached hydrogens (tertiary/aromatic N) is 3. The third kappa shape index (κ3) is 7.16. The standard InChI is InChI=1S/C65H45F2N3/c1-39-8-16-43(17-9-39)47-24-28-52-53-29-25-48(44-18-10-40(2)11-19-44)33-60(53)69(59(52)32-47)63-36-51(65-57(66)6-5-7-58(65)67)37-64(56(63)38-68)70-61-34-49(45-20-12-41(3)13-21-45)26-30-54(61)55-31-27-50(35-62(55)70)46-22-14-42(4)15-23-46/h5-37H,1-4H3. The molecule has 2 heterocycles. The molecule has 0 N–H and O–H groups in total. The molecule has 5 heteroatoms. The SMILES string of the molecule is Cc1ccc(-c2ccc3c4ccc(-c5ccc(C)cc5)cc4n(-c4cc(-c5c(F)cccc5F)cc(-n5c6cc(-c7ccc(C)cc7)ccc6c6ccc(-c7ccc(C)cc7)cc65)c4C#N)c3c2)cc1. The van der Waals surface area contributed by atoms with Crippen molar-refractivity contribution in [3.8, 4) is 73.1 Å². The van der Waals surface area contributed by atoms with Gasteiger partial charge in [-0.1, -0.05) is 174 Å². The smallest absolute Gasteiger partial charge is 0.133 e. The maximum Gasteiger partial charge on any atom is 0.133 e. The van der Waals surface area contributed by atoms with Gasteiger partial charge >= 0.3 is 0 Å². The molecule has 0 spiro atoms. The zero-order valence-electron chi connectivity index (χ0n) is 39.2. The average molecular weight is 906 g/mol. The van der Waals surface area contributed by atoms with Crippen LogP contribution in [0.25, 0.3) is 111 Å². The van der Waals surface area contributed by atoms with Gasteiger partial charge in [0.25, 0.3) is 0 Å². The van der Waals surface area contributed by atoms with Crippen molar-refractivity contribution in [2.24, 2.45) is 0 Å². The Morgan fingerprint density at radius 2 is 0.600 bits per heavy atom. The first-order valence-electron chi connectivity index (χ1n) is 23.6. The van der Waals surface area contributed by atoms with Crippen molar-refractivity contribution in [1.29, 1.82) is 5.26 Å². The van der Waals surface area contributed by atoms with E-state index >= 15 is 8.78 Å². The first-order chi connectivity index (χ1) is 34.1. The molecule has 0 saturated heterocycles. The largest absolute Gasteiger partial charge is 0.308 e. The number of nitriles is 1. The quantitative estimate of drug-likeness (QED) is 0.157. The molecule has 0 aliphatic carbocycles. The van der Waals surface area contributed by atoms with Crippen LogP contribution >= 0.6 is 0 Å². The number of hydrogen-bond acceptors (Lipinski definition) is 1. The van der Waals surface area contributed by atoms with Gasteiger partial charge in [-0.3, -0.25) is 0 Å². The lowest BCUT2D eigenvalue weighted by Crippen LogP contribution is -2.06. The summed E-state index contributed by atoms with van der Waals surface area (Å²) in [6.07, 6.45) is 0. The van der Waals surface area contributed by atoms with Crippen molar-refractivity contribution >= 4 is 43.6 Å². The summed E-state index contributed by atoms with van der Waals surface area (Å²) in [6.45, 7) is 8.30. The molecule has 0 fully saturated rings. The van der Waals surface area contributed by atoms with Crippen LogP contribution in [0, 0.1) is 50.7 Å². The van der Waals surface area contributed by atoms with E-state index in [2.05, 4.69) is 213 Å². The minimum Gasteiger partial charge on any atom is -0.308 e. The Morgan fingerprint density at radius 1 is 0.329 bits per heavy atom. The predicted molar refractivity (Wildman–Crippen MR) is 286 cm³/mol. The normalized spacial score (nSPS) is 11.6. The highest BCUT2D eigenvalue weighted by molar-refractivity contribution is 6.13. The van der Waals surface area contributed by atoms with Gasteiger partial charge < -0.3 is 9.13 Å². The molecule has 334 valence electrons. The van der Waals surface area contributed by atoms with Gasteiger partial charge in [0.1, 0.15) is 23.3 Å². The zero-order chi connectivity index (χ0) is 47.8. The van der Waals surface area contributed by atoms with Crippen LogP contribution < -0.4 is 0 Å². The topological polar surface area (TPSA) is 33.6 Å². The van der Waals surface area contributed by atoms with Crippen LogP contribution in [0.3, 0.4) is 0 Å². The number of benzene rings is 10. The fraction of sp³-hybridized carbons (Fsp3) is 0.0615. The highest BCUT2D eigenvalue weighted by Gasteiger charge is 2.25. The molecule has 3 nitrogen and oxygen atoms in total. The molecule has 12 aromatic rings. The molecule has 0 aliphatic heterocycles. The molecular weight excluding hydrogens is 861 g/mol. The number of aryl methyl sites for hydroxylation is 4. The lowest BCUT2D eigenvalue weighted by molar-refractivity contribution is 0.589. The Hall–Kier alpha value is -8.85. The van der Waals surface area contributed by atoms with Gasteiger partial charge in [0, 0.05) is 21.5 Å². The number of hydrogen-bond donors (Lipinski definition) is 0. The molecule has 10 aromatic carbocycles. The van der Waals surface area contributed by atoms with E-state index in [0.717, 1.165) is 110 Å². The lowest BCUT2D eigenvalue weighted by Gasteiger charge is -2.19. The Morgan fingerprint density at radius 3 is 0.871 bits per heavy atom. The zero-order valence-corrected chi connectivity index (χ0v) is 39.2. The summed E-state index contributed by atoms with van der Waals surface area (Å²) < 4.78 is 37.1. The Kier molecular flexibility index (Phi) is 10.2. The van der Waals surface area contributed by atoms with E-state index in [1.54, 1.807) is 12.1 Å². The first kappa shape index (κ1) is 42.5. The van der Waals surface area contributed by atoms with E-state index in [4.69, 9.17) is 0 Å². The molecule has 0 unspecified atom stereocenters. The molecule has 2 aromatic heterocycles. The van der Waals surface area contributed by atoms with Gasteiger partial charge in [-0.05, 0) is 126 Å². The maximum atomic E-state index is 16.4. The molecule has 0 atom stereocenters. The summed E-state index contributed by atoms with van der Waals surface area (Å²) >= 11 is 0. The third-order valence-electron chi connectivity index (χ3n) is 14.0. The van der Waals surface area contributed by atoms with Gasteiger partial charge in [-0.2, -0.15) is 5.26 Å². The summed E-state index contributed by atoms with van der Waals surface area (Å²) in [7, 11) is 0. The Balaban J connectivity index is 1.23. The second kappa shape index (κ2) is 16.7. The molecular formula is C65H45F2N3. The van der Waals surface area contributed by atoms with E-state index in [0.29, 0.717) is 22.5 Å². The number of halogens is 2. The van der Waals surface area contributed by atoms with Crippen LogP contribution in [-0.4, -0.2) is 9.13 Å². The summed E-state index contributed by atoms with van der Waals surface area (Å²) in [5, 5.41) is 15.8. The average Bonchev–Trinajstić information content (AvgIpc) is 3.88. The van der Waals surface area contributed by atoms with Crippen molar-refractivity contribution in [3.05, 3.63) is 240 Å². The molecule has 0 amide bonds. The van der Waals surface area contributed by atoms with Gasteiger partial charge in [-0.25, -0.2) is 8.78 Å². The summed E-state index contributed by atoms with van der Waals surface area (Å²) in [4.78, 5) is 0. The van der Waals surface area contributed by atoms with Crippen LogP contribution in [0.15, 0.2) is 200 Å². The summed E-state index contributed by atoms with van der Waals surface area (Å²) in [5.74, 6) is -1.39. The van der Waals surface area contributed by atoms with Gasteiger partial charge in [0.15, 0.2) is 0 Å². The third-order valence-corrected chi connectivity index (χ3v) is 14.0. The van der Waals surface area contributed by atoms with E-state index in [9.17, 15) is 5.26 Å². The van der Waals surface area contributed by atoms with Crippen LogP contribution in [-0.2, 0) is 0 Å². The minimum atomic E-state index is -0.697. The van der Waals surface area contributed by atoms with Crippen molar-refractivity contribution in [2.45, 2.75) is 27.7 Å². The van der Waals surface area contributed by atoms with Crippen LogP contribution in [0.4, 0.5) is 8.78 Å². The molecule has 0 saturated carbocycles. The van der Waals surface area contributed by atoms with Crippen LogP contribution in [0.2, 0.25) is 0 Å². The van der Waals surface area contributed by atoms with Gasteiger partial charge in [-0.15, -0.1) is 0 Å². The molecule has 12 rings (SSSR count). The van der Waals surface area contributed by atoms with Crippen molar-refractivity contribution in [3.63, 3.8) is 0 Å². The maximum absolute atomic E-state index is 16.4. The monoisotopic (exact) mass is 905 g/mol. The summed E-state index contributed by atoms with van der Waals surface area (Å²) in [5.41, 5.74) is 17.7. The molecule has 0 radical (unpaired) electrons. The number of rotatable bonds is 7. The van der Waals surface area contributed by atoms with Crippen molar-refractivity contribution in [2.75, 3.05) is 0 Å². The highest BCUT2D eigenvalue weighted by atomic mass is 19.1. The van der Waals surface area contributed by atoms with Gasteiger partial charge in [0.2, 0.25) is 0 Å². The van der Waals surface area contributed by atoms with Crippen LogP contribution in [0.5, 0.6) is 0 Å². The lowest BCUT2D eigenvalue weighted by atomic mass is 9.98. The Labute approximate surface area is 405 Å². The highest BCUT2D eigenvalue weighted by Crippen LogP contribution is 2.44. The molecule has 0 bridgehead atoms. The minimum absolute atomic E-state index is 0.169. The second-order valence-corrected chi connectivity index (χ2v) is 18.7. The molecule has 0 aliphatic rings. The first-order valence-corrected chi connectivity index (χ1v) is 23.6. The van der Waals surface area contributed by atoms with E-state index in [-0.39, 0.29) is 5.56 Å². The van der Waals surface area contributed by atoms with Crippen molar-refractivity contribution < 1.29 is 8.78 Å². The van der Waals surface area contributed by atoms with E-state index in [1.807, 2.05) is 0 Å². The van der Waals surface area contributed by atoms with Crippen molar-refractivity contribution in [1.82, 2.24) is 9.13 Å². The number of aromatic nitrogens is 2.